The van der Waals surface area contributed by atoms with Crippen LogP contribution in [0.25, 0.3) is 0 Å². The van der Waals surface area contributed by atoms with Crippen LogP contribution in [-0.4, -0.2) is 25.5 Å². The average Bonchev–Trinajstić information content (AvgIpc) is 2.46. The molecule has 6 heteroatoms. The first-order valence-electron chi connectivity index (χ1n) is 3.99. The van der Waals surface area contributed by atoms with E-state index in [0.29, 0.717) is 9.90 Å². The number of hydrogen-bond acceptors (Lipinski definition) is 4. The van der Waals surface area contributed by atoms with Gasteiger partial charge in [-0.2, -0.15) is 0 Å². The van der Waals surface area contributed by atoms with Gasteiger partial charge in [0.25, 0.3) is 0 Å². The van der Waals surface area contributed by atoms with Gasteiger partial charge in [-0.25, -0.2) is 8.42 Å². The number of sulfone groups is 1. The van der Waals surface area contributed by atoms with E-state index in [-0.39, 0.29) is 12.2 Å². The Kier molecular flexibility index (Phi) is 3.94. The third-order valence-corrected chi connectivity index (χ3v) is 4.15. The van der Waals surface area contributed by atoms with Gasteiger partial charge in [0.2, 0.25) is 0 Å². The lowest BCUT2D eigenvalue weighted by atomic mass is 10.2. The fourth-order valence-corrected chi connectivity index (χ4v) is 2.85. The first kappa shape index (κ1) is 12.0. The van der Waals surface area contributed by atoms with Crippen molar-refractivity contribution >= 4 is 32.8 Å². The van der Waals surface area contributed by atoms with Crippen LogP contribution in [0.2, 0.25) is 5.02 Å². The predicted molar refractivity (Wildman–Crippen MR) is 58.6 cm³/mol. The average molecular weight is 255 g/mol. The third-order valence-electron chi connectivity index (χ3n) is 1.71. The zero-order chi connectivity index (χ0) is 10.8. The summed E-state index contributed by atoms with van der Waals surface area (Å²) in [4.78, 5) is 0.635. The maximum absolute atomic E-state index is 10.8. The highest BCUT2D eigenvalue weighted by molar-refractivity contribution is 7.90. The highest BCUT2D eigenvalue weighted by Crippen LogP contribution is 2.30. The van der Waals surface area contributed by atoms with Crippen molar-refractivity contribution in [2.45, 2.75) is 12.5 Å². The van der Waals surface area contributed by atoms with E-state index in [4.69, 9.17) is 11.6 Å². The summed E-state index contributed by atoms with van der Waals surface area (Å²) in [5.74, 6) is -0.0254. The Morgan fingerprint density at radius 2 is 2.29 bits per heavy atom. The van der Waals surface area contributed by atoms with Crippen molar-refractivity contribution in [1.29, 1.82) is 0 Å². The van der Waals surface area contributed by atoms with E-state index in [9.17, 15) is 13.5 Å². The SMILES string of the molecule is CS(=O)(=O)CCC(O)c1sccc1Cl. The van der Waals surface area contributed by atoms with Crippen molar-refractivity contribution < 1.29 is 13.5 Å². The van der Waals surface area contributed by atoms with E-state index in [1.54, 1.807) is 11.4 Å². The number of hydrogen-bond donors (Lipinski definition) is 1. The van der Waals surface area contributed by atoms with Crippen molar-refractivity contribution in [3.05, 3.63) is 21.3 Å². The Labute approximate surface area is 92.3 Å². The van der Waals surface area contributed by atoms with Gasteiger partial charge in [0.1, 0.15) is 9.84 Å². The molecule has 1 aromatic heterocycles. The molecule has 0 saturated heterocycles. The summed E-state index contributed by atoms with van der Waals surface area (Å²) in [7, 11) is -3.02. The molecule has 1 rings (SSSR count). The normalized spacial score (nSPS) is 14.2. The summed E-state index contributed by atoms with van der Waals surface area (Å²) < 4.78 is 21.7. The van der Waals surface area contributed by atoms with Gasteiger partial charge in [0.05, 0.1) is 21.8 Å². The molecule has 80 valence electrons. The lowest BCUT2D eigenvalue weighted by molar-refractivity contribution is 0.178. The fourth-order valence-electron chi connectivity index (χ4n) is 1.000. The summed E-state index contributed by atoms with van der Waals surface area (Å²) in [5, 5.41) is 11.9. The number of thiophene rings is 1. The second-order valence-corrected chi connectivity index (χ2v) is 6.68. The molecule has 1 atom stereocenters. The van der Waals surface area contributed by atoms with Crippen LogP contribution in [0.1, 0.15) is 17.4 Å². The Balaban J connectivity index is 2.60. The molecule has 0 aliphatic heterocycles. The fraction of sp³-hybridized carbons (Fsp3) is 0.500. The largest absolute Gasteiger partial charge is 0.387 e. The van der Waals surface area contributed by atoms with Gasteiger partial charge in [-0.1, -0.05) is 11.6 Å². The number of aliphatic hydroxyl groups is 1. The number of halogens is 1. The van der Waals surface area contributed by atoms with E-state index in [1.165, 1.54) is 11.3 Å². The zero-order valence-electron chi connectivity index (χ0n) is 7.60. The quantitative estimate of drug-likeness (QED) is 0.893. The summed E-state index contributed by atoms with van der Waals surface area (Å²) in [5.41, 5.74) is 0. The van der Waals surface area contributed by atoms with Crippen LogP contribution in [0.3, 0.4) is 0 Å². The molecule has 1 aromatic rings. The monoisotopic (exact) mass is 254 g/mol. The lowest BCUT2D eigenvalue weighted by Crippen LogP contribution is -2.07. The van der Waals surface area contributed by atoms with E-state index in [1.807, 2.05) is 0 Å². The predicted octanol–water partition coefficient (Wildman–Crippen LogP) is 1.87. The standard InChI is InChI=1S/C8H11ClO3S2/c1-14(11,12)5-3-7(10)8-6(9)2-4-13-8/h2,4,7,10H,3,5H2,1H3. The van der Waals surface area contributed by atoms with Crippen molar-refractivity contribution in [1.82, 2.24) is 0 Å². The second-order valence-electron chi connectivity index (χ2n) is 3.07. The zero-order valence-corrected chi connectivity index (χ0v) is 9.99. The van der Waals surface area contributed by atoms with Gasteiger partial charge in [-0.15, -0.1) is 11.3 Å². The van der Waals surface area contributed by atoms with Gasteiger partial charge in [-0.3, -0.25) is 0 Å². The number of rotatable bonds is 4. The summed E-state index contributed by atoms with van der Waals surface area (Å²) in [6, 6.07) is 1.69. The molecule has 3 nitrogen and oxygen atoms in total. The molecule has 0 aromatic carbocycles. The number of aliphatic hydroxyl groups excluding tert-OH is 1. The molecule has 0 aliphatic carbocycles. The van der Waals surface area contributed by atoms with Gasteiger partial charge in [0.15, 0.2) is 0 Å². The Hall–Kier alpha value is -0.100. The van der Waals surface area contributed by atoms with Crippen LogP contribution in [0.15, 0.2) is 11.4 Å². The Morgan fingerprint density at radius 3 is 2.71 bits per heavy atom. The van der Waals surface area contributed by atoms with Crippen molar-refractivity contribution in [3.8, 4) is 0 Å². The smallest absolute Gasteiger partial charge is 0.147 e. The third kappa shape index (κ3) is 3.57. The van der Waals surface area contributed by atoms with Crippen LogP contribution in [0.4, 0.5) is 0 Å². The van der Waals surface area contributed by atoms with Gasteiger partial charge in [-0.05, 0) is 17.9 Å². The molecule has 0 saturated carbocycles. The summed E-state index contributed by atoms with van der Waals surface area (Å²) in [6.07, 6.45) is 0.562. The molecule has 0 bridgehead atoms. The first-order valence-corrected chi connectivity index (χ1v) is 7.30. The van der Waals surface area contributed by atoms with Gasteiger partial charge < -0.3 is 5.11 Å². The van der Waals surface area contributed by atoms with Gasteiger partial charge >= 0.3 is 0 Å². The van der Waals surface area contributed by atoms with Crippen molar-refractivity contribution in [2.75, 3.05) is 12.0 Å². The van der Waals surface area contributed by atoms with Crippen LogP contribution >= 0.6 is 22.9 Å². The van der Waals surface area contributed by atoms with Crippen LogP contribution in [0, 0.1) is 0 Å². The highest BCUT2D eigenvalue weighted by atomic mass is 35.5. The first-order chi connectivity index (χ1) is 6.40. The molecule has 1 N–H and O–H groups in total. The van der Waals surface area contributed by atoms with E-state index < -0.39 is 15.9 Å². The molecule has 1 unspecified atom stereocenters. The minimum absolute atomic E-state index is 0.0254. The van der Waals surface area contributed by atoms with Crippen LogP contribution in [-0.2, 0) is 9.84 Å². The molecule has 0 amide bonds. The molecular weight excluding hydrogens is 244 g/mol. The van der Waals surface area contributed by atoms with E-state index >= 15 is 0 Å². The highest BCUT2D eigenvalue weighted by Gasteiger charge is 2.15. The summed E-state index contributed by atoms with van der Waals surface area (Å²) in [6.45, 7) is 0. The molecule has 1 heterocycles. The molecule has 0 radical (unpaired) electrons. The maximum atomic E-state index is 10.8. The summed E-state index contributed by atoms with van der Waals surface area (Å²) >= 11 is 7.12. The van der Waals surface area contributed by atoms with Crippen LogP contribution < -0.4 is 0 Å². The second kappa shape index (κ2) is 4.61. The minimum atomic E-state index is -3.02. The molecule has 0 aliphatic rings. The lowest BCUT2D eigenvalue weighted by Gasteiger charge is -2.07. The molecule has 0 fully saturated rings. The molecule has 14 heavy (non-hydrogen) atoms. The molecular formula is C8H11ClO3S2. The van der Waals surface area contributed by atoms with E-state index in [0.717, 1.165) is 6.26 Å². The minimum Gasteiger partial charge on any atom is -0.387 e. The van der Waals surface area contributed by atoms with Crippen LogP contribution in [0.5, 0.6) is 0 Å². The van der Waals surface area contributed by atoms with Crippen molar-refractivity contribution in [2.24, 2.45) is 0 Å². The maximum Gasteiger partial charge on any atom is 0.147 e. The molecule has 0 spiro atoms. The Morgan fingerprint density at radius 1 is 1.64 bits per heavy atom. The Bertz CT molecular complexity index is 396. The topological polar surface area (TPSA) is 54.4 Å². The van der Waals surface area contributed by atoms with Gasteiger partial charge in [0, 0.05) is 6.26 Å². The van der Waals surface area contributed by atoms with Crippen molar-refractivity contribution in [3.63, 3.8) is 0 Å². The van der Waals surface area contributed by atoms with E-state index in [2.05, 4.69) is 0 Å².